The normalized spacial score (nSPS) is 23.8. The summed E-state index contributed by atoms with van der Waals surface area (Å²) in [4.78, 5) is 10.5. The van der Waals surface area contributed by atoms with Crippen LogP contribution in [0.3, 0.4) is 0 Å². The van der Waals surface area contributed by atoms with Gasteiger partial charge in [0.25, 0.3) is 0 Å². The molecule has 1 aromatic carbocycles. The van der Waals surface area contributed by atoms with E-state index in [1.54, 1.807) is 0 Å². The van der Waals surface area contributed by atoms with E-state index in [1.807, 2.05) is 0 Å². The molecule has 1 heterocycles. The van der Waals surface area contributed by atoms with E-state index >= 15 is 0 Å². The maximum Gasteiger partial charge on any atom is 0.419 e. The molecule has 1 aliphatic heterocycles. The molecular formula is C10H7ClF3NO2. The quantitative estimate of drug-likeness (QED) is 0.794. The molecule has 1 unspecified atom stereocenters. The second-order valence-electron chi connectivity index (χ2n) is 3.49. The zero-order valence-electron chi connectivity index (χ0n) is 8.29. The van der Waals surface area contributed by atoms with E-state index in [2.05, 4.69) is 10.1 Å². The van der Waals surface area contributed by atoms with Gasteiger partial charge in [-0.25, -0.2) is 0 Å². The second-order valence-corrected chi connectivity index (χ2v) is 3.93. The fourth-order valence-corrected chi connectivity index (χ4v) is 1.79. The van der Waals surface area contributed by atoms with Crippen molar-refractivity contribution in [2.45, 2.75) is 18.5 Å². The first-order valence-corrected chi connectivity index (χ1v) is 5.03. The zero-order chi connectivity index (χ0) is 12.6. The van der Waals surface area contributed by atoms with Gasteiger partial charge >= 0.3 is 6.18 Å². The van der Waals surface area contributed by atoms with Crippen LogP contribution in [-0.4, -0.2) is 18.7 Å². The molecule has 2 rings (SSSR count). The van der Waals surface area contributed by atoms with E-state index in [1.165, 1.54) is 18.2 Å². The summed E-state index contributed by atoms with van der Waals surface area (Å²) in [5.41, 5.74) is 0.0724. The van der Waals surface area contributed by atoms with Gasteiger partial charge in [0.15, 0.2) is 18.6 Å². The predicted octanol–water partition coefficient (Wildman–Crippen LogP) is 2.91. The van der Waals surface area contributed by atoms with Crippen LogP contribution in [0.4, 0.5) is 18.9 Å². The number of halogens is 4. The summed E-state index contributed by atoms with van der Waals surface area (Å²) >= 11 is 5.64. The first-order chi connectivity index (χ1) is 7.91. The molecule has 1 N–H and O–H groups in total. The number of carbonyl (C=O) groups is 1. The molecule has 0 radical (unpaired) electrons. The van der Waals surface area contributed by atoms with Gasteiger partial charge in [0.2, 0.25) is 0 Å². The third-order valence-corrected chi connectivity index (χ3v) is 2.53. The molecule has 92 valence electrons. The lowest BCUT2D eigenvalue weighted by atomic mass is 10.0. The van der Waals surface area contributed by atoms with Crippen LogP contribution >= 0.6 is 11.6 Å². The van der Waals surface area contributed by atoms with Crippen LogP contribution in [0, 0.1) is 0 Å². The van der Waals surface area contributed by atoms with Gasteiger partial charge in [-0.3, -0.25) is 4.79 Å². The number of aldehydes is 1. The Balaban J connectivity index is 2.48. The summed E-state index contributed by atoms with van der Waals surface area (Å²) in [6, 6.07) is 3.99. The van der Waals surface area contributed by atoms with Crippen LogP contribution in [0.5, 0.6) is 0 Å². The maximum atomic E-state index is 12.7. The third kappa shape index (κ3) is 2.37. The highest BCUT2D eigenvalue weighted by atomic mass is 35.5. The summed E-state index contributed by atoms with van der Waals surface area (Å²) in [5.74, 6) is 0. The highest BCUT2D eigenvalue weighted by molar-refractivity contribution is 6.30. The molecule has 1 aromatic rings. The molecule has 0 fully saturated rings. The minimum atomic E-state index is -4.59. The zero-order valence-corrected chi connectivity index (χ0v) is 9.05. The molecule has 0 saturated carbocycles. The van der Waals surface area contributed by atoms with Gasteiger partial charge in [-0.1, -0.05) is 11.6 Å². The lowest BCUT2D eigenvalue weighted by Gasteiger charge is -2.32. The highest BCUT2D eigenvalue weighted by Gasteiger charge is 2.46. The van der Waals surface area contributed by atoms with Crippen LogP contribution in [0.1, 0.15) is 11.7 Å². The summed E-state index contributed by atoms with van der Waals surface area (Å²) < 4.78 is 42.9. The molecule has 0 saturated heterocycles. The van der Waals surface area contributed by atoms with Gasteiger partial charge in [-0.05, 0) is 18.2 Å². The Morgan fingerprint density at radius 2 is 2.12 bits per heavy atom. The standard InChI is InChI=1S/C10H7ClF3NO2/c11-5-1-2-7-6(3-5)9(10(12,13)14)17-8(4-16)15-7/h1-4,8-9,15H/t8?,9-/m0/s1. The van der Waals surface area contributed by atoms with Gasteiger partial charge < -0.3 is 10.1 Å². The number of fused-ring (bicyclic) bond motifs is 1. The Kier molecular flexibility index (Phi) is 3.01. The minimum Gasteiger partial charge on any atom is -0.354 e. The maximum absolute atomic E-state index is 12.7. The van der Waals surface area contributed by atoms with E-state index in [9.17, 15) is 18.0 Å². The molecule has 0 aliphatic carbocycles. The Labute approximate surface area is 99.5 Å². The largest absolute Gasteiger partial charge is 0.419 e. The Morgan fingerprint density at radius 3 is 2.71 bits per heavy atom. The lowest BCUT2D eigenvalue weighted by molar-refractivity contribution is -0.233. The van der Waals surface area contributed by atoms with E-state index in [0.717, 1.165) is 0 Å². The van der Waals surface area contributed by atoms with Gasteiger partial charge in [0.1, 0.15) is 0 Å². The van der Waals surface area contributed by atoms with Crippen molar-refractivity contribution in [3.8, 4) is 0 Å². The average Bonchev–Trinajstić information content (AvgIpc) is 2.26. The molecule has 7 heteroatoms. The number of hydrogen-bond acceptors (Lipinski definition) is 3. The average molecular weight is 266 g/mol. The number of nitrogens with one attached hydrogen (secondary N) is 1. The van der Waals surface area contributed by atoms with Crippen molar-refractivity contribution in [1.29, 1.82) is 0 Å². The van der Waals surface area contributed by atoms with Crippen LogP contribution in [0.25, 0.3) is 0 Å². The number of rotatable bonds is 1. The number of anilines is 1. The number of alkyl halides is 3. The summed E-state index contributed by atoms with van der Waals surface area (Å²) in [6.07, 6.45) is -7.78. The van der Waals surface area contributed by atoms with Gasteiger partial charge in [0.05, 0.1) is 0 Å². The Bertz CT molecular complexity index is 450. The SMILES string of the molecule is O=CC1Nc2ccc(Cl)cc2[C@@H](C(F)(F)F)O1. The molecule has 2 atom stereocenters. The number of carbonyl (C=O) groups excluding carboxylic acids is 1. The molecule has 0 spiro atoms. The minimum absolute atomic E-state index is 0.122. The second kappa shape index (κ2) is 4.19. The smallest absolute Gasteiger partial charge is 0.354 e. The Hall–Kier alpha value is -1.27. The first-order valence-electron chi connectivity index (χ1n) is 4.65. The molecule has 0 amide bonds. The first kappa shape index (κ1) is 12.2. The van der Waals surface area contributed by atoms with Crippen LogP contribution in [-0.2, 0) is 9.53 Å². The number of benzene rings is 1. The van der Waals surface area contributed by atoms with Crippen molar-refractivity contribution in [2.24, 2.45) is 0 Å². The van der Waals surface area contributed by atoms with Crippen molar-refractivity contribution >= 4 is 23.6 Å². The fraction of sp³-hybridized carbons (Fsp3) is 0.300. The summed E-state index contributed by atoms with van der Waals surface area (Å²) in [5, 5.41) is 2.70. The lowest BCUT2D eigenvalue weighted by Crippen LogP contribution is -2.38. The van der Waals surface area contributed by atoms with E-state index < -0.39 is 18.5 Å². The van der Waals surface area contributed by atoms with E-state index in [4.69, 9.17) is 11.6 Å². The van der Waals surface area contributed by atoms with Crippen LogP contribution in [0.2, 0.25) is 5.02 Å². The molecule has 1 aliphatic rings. The van der Waals surface area contributed by atoms with Crippen molar-refractivity contribution in [1.82, 2.24) is 0 Å². The Morgan fingerprint density at radius 1 is 1.41 bits per heavy atom. The molecule has 17 heavy (non-hydrogen) atoms. The van der Waals surface area contributed by atoms with Crippen molar-refractivity contribution in [3.63, 3.8) is 0 Å². The fourth-order valence-electron chi connectivity index (χ4n) is 1.61. The summed E-state index contributed by atoms with van der Waals surface area (Å²) in [6.45, 7) is 0. The predicted molar refractivity (Wildman–Crippen MR) is 54.8 cm³/mol. The third-order valence-electron chi connectivity index (χ3n) is 2.30. The van der Waals surface area contributed by atoms with Gasteiger partial charge in [-0.2, -0.15) is 13.2 Å². The topological polar surface area (TPSA) is 38.3 Å². The number of hydrogen-bond donors (Lipinski definition) is 1. The molecule has 0 bridgehead atoms. The molecule has 3 nitrogen and oxygen atoms in total. The van der Waals surface area contributed by atoms with Crippen molar-refractivity contribution in [2.75, 3.05) is 5.32 Å². The van der Waals surface area contributed by atoms with Gasteiger partial charge in [0, 0.05) is 16.3 Å². The highest BCUT2D eigenvalue weighted by Crippen LogP contribution is 2.43. The monoisotopic (exact) mass is 265 g/mol. The van der Waals surface area contributed by atoms with Gasteiger partial charge in [-0.15, -0.1) is 0 Å². The van der Waals surface area contributed by atoms with E-state index in [-0.39, 0.29) is 22.6 Å². The molecular weight excluding hydrogens is 259 g/mol. The summed E-state index contributed by atoms with van der Waals surface area (Å²) in [7, 11) is 0. The van der Waals surface area contributed by atoms with Crippen molar-refractivity contribution < 1.29 is 22.7 Å². The molecule has 0 aromatic heterocycles. The van der Waals surface area contributed by atoms with Crippen LogP contribution in [0.15, 0.2) is 18.2 Å². The van der Waals surface area contributed by atoms with E-state index in [0.29, 0.717) is 0 Å². The number of ether oxygens (including phenoxy) is 1. The van der Waals surface area contributed by atoms with Crippen LogP contribution < -0.4 is 5.32 Å². The van der Waals surface area contributed by atoms with Crippen molar-refractivity contribution in [3.05, 3.63) is 28.8 Å².